The van der Waals surface area contributed by atoms with E-state index < -0.39 is 15.6 Å². The number of rotatable bonds is 2. The quantitative estimate of drug-likeness (QED) is 0.861. The van der Waals surface area contributed by atoms with Crippen LogP contribution in [0.3, 0.4) is 0 Å². The molecule has 0 unspecified atom stereocenters. The second-order valence-corrected chi connectivity index (χ2v) is 8.56. The van der Waals surface area contributed by atoms with Crippen molar-refractivity contribution in [1.82, 2.24) is 9.62 Å². The van der Waals surface area contributed by atoms with Crippen LogP contribution in [0.1, 0.15) is 12.5 Å². The Balaban J connectivity index is 2.04. The molecule has 2 aromatic carbocycles. The molecule has 1 heterocycles. The summed E-state index contributed by atoms with van der Waals surface area (Å²) >= 11 is 6.06. The number of hydrogen-bond donors (Lipinski definition) is 2. The van der Waals surface area contributed by atoms with Crippen molar-refractivity contribution in [3.8, 4) is 11.1 Å². The number of hydrogen-bond acceptors (Lipinski definition) is 3. The summed E-state index contributed by atoms with van der Waals surface area (Å²) in [6.45, 7) is 1.79. The average molecular weight is 364 g/mol. The summed E-state index contributed by atoms with van der Waals surface area (Å²) in [6, 6.07) is 15.1. The molecule has 7 heteroatoms. The van der Waals surface area contributed by atoms with Crippen LogP contribution in [0, 0.1) is 5.41 Å². The minimum Gasteiger partial charge on any atom is -0.345 e. The Hall–Kier alpha value is -2.05. The van der Waals surface area contributed by atoms with Crippen molar-refractivity contribution in [3.63, 3.8) is 0 Å². The van der Waals surface area contributed by atoms with Gasteiger partial charge in [-0.2, -0.15) is 0 Å². The highest BCUT2D eigenvalue weighted by molar-refractivity contribution is 7.89. The Morgan fingerprint density at radius 1 is 1.17 bits per heavy atom. The van der Waals surface area contributed by atoms with Crippen LogP contribution in [-0.4, -0.2) is 31.5 Å². The smallest absolute Gasteiger partial charge is 0.239 e. The van der Waals surface area contributed by atoms with Gasteiger partial charge in [-0.25, -0.2) is 12.7 Å². The molecule has 0 spiro atoms. The minimum atomic E-state index is -3.53. The highest BCUT2D eigenvalue weighted by Gasteiger charge is 2.41. The zero-order valence-corrected chi connectivity index (χ0v) is 14.9. The predicted octanol–water partition coefficient (Wildman–Crippen LogP) is 3.02. The van der Waals surface area contributed by atoms with E-state index in [1.54, 1.807) is 6.92 Å². The van der Waals surface area contributed by atoms with E-state index in [-0.39, 0.29) is 11.7 Å². The maximum atomic E-state index is 12.3. The molecule has 1 atom stereocenters. The minimum absolute atomic E-state index is 0.113. The molecule has 0 saturated carbocycles. The lowest BCUT2D eigenvalue weighted by Crippen LogP contribution is -2.60. The topological polar surface area (TPSA) is 73.3 Å². The van der Waals surface area contributed by atoms with E-state index >= 15 is 0 Å². The van der Waals surface area contributed by atoms with Crippen LogP contribution in [0.15, 0.2) is 48.5 Å². The Labute approximate surface area is 146 Å². The number of nitrogens with zero attached hydrogens (tertiary/aromatic N) is 1. The van der Waals surface area contributed by atoms with E-state index in [0.29, 0.717) is 5.02 Å². The fourth-order valence-corrected chi connectivity index (χ4v) is 4.52. The first-order valence-corrected chi connectivity index (χ1v) is 9.40. The number of halogens is 1. The molecule has 0 bridgehead atoms. The molecule has 1 aliphatic rings. The van der Waals surface area contributed by atoms with E-state index in [1.165, 1.54) is 7.05 Å². The highest BCUT2D eigenvalue weighted by Crippen LogP contribution is 2.31. The van der Waals surface area contributed by atoms with Crippen molar-refractivity contribution >= 4 is 27.6 Å². The van der Waals surface area contributed by atoms with Crippen molar-refractivity contribution < 1.29 is 8.42 Å². The Morgan fingerprint density at radius 2 is 1.79 bits per heavy atom. The van der Waals surface area contributed by atoms with Crippen molar-refractivity contribution in [1.29, 1.82) is 5.41 Å². The lowest BCUT2D eigenvalue weighted by molar-refractivity contribution is 0.418. The zero-order valence-electron chi connectivity index (χ0n) is 13.4. The van der Waals surface area contributed by atoms with E-state index in [2.05, 4.69) is 5.32 Å². The van der Waals surface area contributed by atoms with E-state index in [4.69, 9.17) is 17.0 Å². The predicted molar refractivity (Wildman–Crippen MR) is 96.7 cm³/mol. The second kappa shape index (κ2) is 5.79. The molecule has 1 aliphatic heterocycles. The van der Waals surface area contributed by atoms with Crippen LogP contribution < -0.4 is 5.32 Å². The van der Waals surface area contributed by atoms with E-state index in [9.17, 15) is 8.42 Å². The van der Waals surface area contributed by atoms with Crippen molar-refractivity contribution in [3.05, 3.63) is 59.1 Å². The summed E-state index contributed by atoms with van der Waals surface area (Å²) in [5.74, 6) is -0.241. The van der Waals surface area contributed by atoms with E-state index in [0.717, 1.165) is 21.0 Å². The summed E-state index contributed by atoms with van der Waals surface area (Å²) < 4.78 is 25.6. The lowest BCUT2D eigenvalue weighted by Gasteiger charge is -2.40. The molecular weight excluding hydrogens is 346 g/mol. The molecule has 126 valence electrons. The highest BCUT2D eigenvalue weighted by atomic mass is 35.5. The van der Waals surface area contributed by atoms with Gasteiger partial charge < -0.3 is 5.32 Å². The van der Waals surface area contributed by atoms with E-state index in [1.807, 2.05) is 48.5 Å². The fraction of sp³-hybridized carbons (Fsp3) is 0.235. The first-order valence-electron chi connectivity index (χ1n) is 7.41. The van der Waals surface area contributed by atoms with Crippen LogP contribution in [0.2, 0.25) is 5.02 Å². The first kappa shape index (κ1) is 16.8. The Kier molecular flexibility index (Phi) is 4.05. The van der Waals surface area contributed by atoms with Gasteiger partial charge in [-0.05, 0) is 41.8 Å². The van der Waals surface area contributed by atoms with Gasteiger partial charge in [0.2, 0.25) is 16.0 Å². The molecule has 1 saturated heterocycles. The molecular formula is C17H18ClN3O2S. The molecule has 2 N–H and O–H groups in total. The molecule has 3 rings (SSSR count). The van der Waals surface area contributed by atoms with Crippen LogP contribution in [0.5, 0.6) is 0 Å². The molecule has 0 radical (unpaired) electrons. The van der Waals surface area contributed by atoms with Gasteiger partial charge >= 0.3 is 0 Å². The third kappa shape index (κ3) is 2.99. The Bertz CT molecular complexity index is 914. The standard InChI is InChI=1S/C17H18ClN3O2S/c1-17(11-24(22,23)21(2)16(19)20-17)14-7-3-5-12(9-14)13-6-4-8-15(18)10-13/h3-10H,11H2,1-2H3,(H2,19,20)/t17-/m0/s1. The van der Waals surface area contributed by atoms with Gasteiger partial charge in [0.15, 0.2) is 0 Å². The summed E-state index contributed by atoms with van der Waals surface area (Å²) in [5.41, 5.74) is 1.85. The molecule has 0 aliphatic carbocycles. The second-order valence-electron chi connectivity index (χ2n) is 6.12. The van der Waals surface area contributed by atoms with Gasteiger partial charge in [0, 0.05) is 12.1 Å². The van der Waals surface area contributed by atoms with Crippen LogP contribution in [0.4, 0.5) is 0 Å². The fourth-order valence-electron chi connectivity index (χ4n) is 2.84. The Morgan fingerprint density at radius 3 is 2.42 bits per heavy atom. The van der Waals surface area contributed by atoms with Gasteiger partial charge in [-0.3, -0.25) is 5.41 Å². The van der Waals surface area contributed by atoms with Crippen LogP contribution in [0.25, 0.3) is 11.1 Å². The number of guanidine groups is 1. The molecule has 0 aromatic heterocycles. The zero-order chi connectivity index (χ0) is 17.5. The van der Waals surface area contributed by atoms with Crippen molar-refractivity contribution in [2.45, 2.75) is 12.5 Å². The molecule has 5 nitrogen and oxygen atoms in total. The maximum Gasteiger partial charge on any atom is 0.239 e. The first-order chi connectivity index (χ1) is 11.2. The molecule has 0 amide bonds. The molecule has 1 fully saturated rings. The third-order valence-electron chi connectivity index (χ3n) is 4.26. The maximum absolute atomic E-state index is 12.3. The summed E-state index contributed by atoms with van der Waals surface area (Å²) in [6.07, 6.45) is 0. The van der Waals surface area contributed by atoms with Crippen LogP contribution >= 0.6 is 11.6 Å². The SMILES string of the molecule is CN1C(=N)N[C@](C)(c2cccc(-c3cccc(Cl)c3)c2)CS1(=O)=O. The molecule has 2 aromatic rings. The van der Waals surface area contributed by atoms with Gasteiger partial charge in [0.25, 0.3) is 0 Å². The summed E-state index contributed by atoms with van der Waals surface area (Å²) in [4.78, 5) is 0. The van der Waals surface area contributed by atoms with Crippen LogP contribution in [-0.2, 0) is 15.6 Å². The number of benzene rings is 2. The van der Waals surface area contributed by atoms with Gasteiger partial charge in [0.05, 0.1) is 11.3 Å². The van der Waals surface area contributed by atoms with Gasteiger partial charge in [0.1, 0.15) is 0 Å². The summed E-state index contributed by atoms with van der Waals surface area (Å²) in [5, 5.41) is 11.6. The third-order valence-corrected chi connectivity index (χ3v) is 6.45. The number of nitrogens with one attached hydrogen (secondary N) is 2. The van der Waals surface area contributed by atoms with Gasteiger partial charge in [-0.15, -0.1) is 0 Å². The average Bonchev–Trinajstić information content (AvgIpc) is 2.52. The lowest BCUT2D eigenvalue weighted by atomic mass is 9.91. The monoisotopic (exact) mass is 363 g/mol. The normalized spacial score (nSPS) is 23.0. The van der Waals surface area contributed by atoms with Gasteiger partial charge in [-0.1, -0.05) is 41.9 Å². The largest absolute Gasteiger partial charge is 0.345 e. The number of sulfonamides is 1. The molecule has 24 heavy (non-hydrogen) atoms. The van der Waals surface area contributed by atoms with Crippen molar-refractivity contribution in [2.24, 2.45) is 0 Å². The summed E-state index contributed by atoms with van der Waals surface area (Å²) in [7, 11) is -2.14. The van der Waals surface area contributed by atoms with Crippen molar-refractivity contribution in [2.75, 3.05) is 12.8 Å².